The Morgan fingerprint density at radius 1 is 1.38 bits per heavy atom. The minimum absolute atomic E-state index is 0.148. The Balaban J connectivity index is 3.07. The van der Waals surface area contributed by atoms with E-state index in [1.807, 2.05) is 0 Å². The third kappa shape index (κ3) is 2.48. The average Bonchev–Trinajstić information content (AvgIpc) is 2.27. The number of carboxylic acids is 1. The maximum absolute atomic E-state index is 10.7. The first-order valence-electron chi connectivity index (χ1n) is 4.59. The summed E-state index contributed by atoms with van der Waals surface area (Å²) >= 11 is 0. The number of aliphatic hydroxyl groups is 2. The van der Waals surface area contributed by atoms with Crippen molar-refractivity contribution in [1.82, 2.24) is 0 Å². The maximum atomic E-state index is 10.7. The van der Waals surface area contributed by atoms with E-state index in [-0.39, 0.29) is 17.7 Å². The predicted molar refractivity (Wildman–Crippen MR) is 55.1 cm³/mol. The van der Waals surface area contributed by atoms with Gasteiger partial charge in [-0.3, -0.25) is 0 Å². The van der Waals surface area contributed by atoms with Crippen LogP contribution in [0.25, 0.3) is 0 Å². The van der Waals surface area contributed by atoms with Crippen molar-refractivity contribution in [2.75, 3.05) is 6.54 Å². The highest BCUT2D eigenvalue weighted by Crippen LogP contribution is 2.24. The van der Waals surface area contributed by atoms with Crippen LogP contribution in [-0.4, -0.2) is 39.0 Å². The second-order valence-electron chi connectivity index (χ2n) is 3.33. The fourth-order valence-electron chi connectivity index (χ4n) is 1.26. The molecule has 88 valence electrons. The molecule has 1 rings (SSSR count). The zero-order valence-electron chi connectivity index (χ0n) is 8.37. The van der Waals surface area contributed by atoms with Gasteiger partial charge in [-0.15, -0.1) is 0 Å². The van der Waals surface area contributed by atoms with E-state index in [0.29, 0.717) is 0 Å². The lowest BCUT2D eigenvalue weighted by Crippen LogP contribution is -2.27. The fourth-order valence-corrected chi connectivity index (χ4v) is 1.26. The molecule has 1 aromatic rings. The Morgan fingerprint density at radius 3 is 2.50 bits per heavy atom. The molecular weight excluding hydrogens is 214 g/mol. The van der Waals surface area contributed by atoms with Crippen molar-refractivity contribution in [2.24, 2.45) is 5.73 Å². The van der Waals surface area contributed by atoms with Gasteiger partial charge in [0.05, 0.1) is 6.10 Å². The van der Waals surface area contributed by atoms with Gasteiger partial charge in [-0.2, -0.15) is 0 Å². The van der Waals surface area contributed by atoms with Gasteiger partial charge in [-0.05, 0) is 17.7 Å². The molecule has 1 aromatic carbocycles. The highest BCUT2D eigenvalue weighted by molar-refractivity contribution is 5.90. The van der Waals surface area contributed by atoms with Crippen LogP contribution < -0.4 is 5.73 Å². The van der Waals surface area contributed by atoms with Crippen LogP contribution in [0.1, 0.15) is 22.0 Å². The Kier molecular flexibility index (Phi) is 3.83. The Hall–Kier alpha value is -1.63. The molecule has 0 aliphatic rings. The van der Waals surface area contributed by atoms with E-state index in [9.17, 15) is 20.1 Å². The molecule has 0 aliphatic heterocycles. The molecule has 0 saturated heterocycles. The fraction of sp³-hybridized carbons (Fsp3) is 0.300. The van der Waals surface area contributed by atoms with Crippen LogP contribution in [0.5, 0.6) is 5.75 Å². The molecule has 0 spiro atoms. The van der Waals surface area contributed by atoms with Gasteiger partial charge in [0.1, 0.15) is 17.4 Å². The standard InChI is InChI=1S/C10H13NO5/c11-4-8(13)9(14)5-1-2-7(12)6(3-5)10(15)16/h1-3,8-9,12-14H,4,11H2,(H,15,16). The number of benzene rings is 1. The topological polar surface area (TPSA) is 124 Å². The molecule has 0 bridgehead atoms. The minimum atomic E-state index is -1.31. The number of carbonyl (C=O) groups is 1. The first kappa shape index (κ1) is 12.4. The first-order chi connectivity index (χ1) is 7.47. The normalized spacial score (nSPS) is 14.4. The number of aliphatic hydroxyl groups excluding tert-OH is 2. The number of hydrogen-bond acceptors (Lipinski definition) is 5. The summed E-state index contributed by atoms with van der Waals surface area (Å²) in [5, 5.41) is 36.8. The maximum Gasteiger partial charge on any atom is 0.339 e. The van der Waals surface area contributed by atoms with Gasteiger partial charge in [0.2, 0.25) is 0 Å². The Labute approximate surface area is 91.6 Å². The Morgan fingerprint density at radius 2 is 2.00 bits per heavy atom. The van der Waals surface area contributed by atoms with Gasteiger partial charge in [0.25, 0.3) is 0 Å². The highest BCUT2D eigenvalue weighted by Gasteiger charge is 2.19. The molecule has 6 nitrogen and oxygen atoms in total. The third-order valence-electron chi connectivity index (χ3n) is 2.20. The van der Waals surface area contributed by atoms with E-state index >= 15 is 0 Å². The van der Waals surface area contributed by atoms with E-state index in [0.717, 1.165) is 12.1 Å². The van der Waals surface area contributed by atoms with Crippen molar-refractivity contribution < 1.29 is 25.2 Å². The minimum Gasteiger partial charge on any atom is -0.507 e. The second-order valence-corrected chi connectivity index (χ2v) is 3.33. The molecule has 2 atom stereocenters. The summed E-state index contributed by atoms with van der Waals surface area (Å²) in [5.41, 5.74) is 5.02. The third-order valence-corrected chi connectivity index (χ3v) is 2.20. The molecular formula is C10H13NO5. The summed E-state index contributed by atoms with van der Waals surface area (Å²) in [6, 6.07) is 3.57. The highest BCUT2D eigenvalue weighted by atomic mass is 16.4. The van der Waals surface area contributed by atoms with E-state index in [4.69, 9.17) is 10.8 Å². The number of hydrogen-bond donors (Lipinski definition) is 5. The van der Waals surface area contributed by atoms with Gasteiger partial charge >= 0.3 is 5.97 Å². The number of phenols is 1. The molecule has 0 amide bonds. The molecule has 16 heavy (non-hydrogen) atoms. The van der Waals surface area contributed by atoms with Crippen LogP contribution in [0, 0.1) is 0 Å². The first-order valence-corrected chi connectivity index (χ1v) is 4.59. The predicted octanol–water partition coefficient (Wildman–Crippen LogP) is -0.557. The molecule has 0 fully saturated rings. The van der Waals surface area contributed by atoms with Crippen molar-refractivity contribution in [2.45, 2.75) is 12.2 Å². The SMILES string of the molecule is NCC(O)C(O)c1ccc(O)c(C(=O)O)c1. The lowest BCUT2D eigenvalue weighted by molar-refractivity contribution is 0.0242. The summed E-state index contributed by atoms with van der Waals surface area (Å²) in [7, 11) is 0. The van der Waals surface area contributed by atoms with Gasteiger partial charge in [-0.1, -0.05) is 6.07 Å². The molecule has 0 aliphatic carbocycles. The van der Waals surface area contributed by atoms with Crippen molar-refractivity contribution >= 4 is 5.97 Å². The van der Waals surface area contributed by atoms with Crippen LogP contribution in [0.4, 0.5) is 0 Å². The van der Waals surface area contributed by atoms with Crippen LogP contribution in [-0.2, 0) is 0 Å². The zero-order valence-corrected chi connectivity index (χ0v) is 8.37. The number of rotatable bonds is 4. The Bertz CT molecular complexity index is 393. The number of aromatic hydroxyl groups is 1. The summed E-state index contributed by atoms with van der Waals surface area (Å²) in [6.45, 7) is -0.148. The second kappa shape index (κ2) is 4.93. The monoisotopic (exact) mass is 227 g/mol. The smallest absolute Gasteiger partial charge is 0.339 e. The molecule has 6 N–H and O–H groups in total. The number of aromatic carboxylic acids is 1. The van der Waals surface area contributed by atoms with Crippen molar-refractivity contribution in [3.05, 3.63) is 29.3 Å². The van der Waals surface area contributed by atoms with Crippen LogP contribution in [0.15, 0.2) is 18.2 Å². The summed E-state index contributed by atoms with van der Waals surface area (Å²) in [5.74, 6) is -1.71. The lowest BCUT2D eigenvalue weighted by Gasteiger charge is -2.16. The molecule has 0 aromatic heterocycles. The van der Waals surface area contributed by atoms with E-state index < -0.39 is 23.9 Å². The summed E-state index contributed by atoms with van der Waals surface area (Å²) in [6.07, 6.45) is -2.45. The van der Waals surface area contributed by atoms with Gasteiger partial charge < -0.3 is 26.2 Å². The van der Waals surface area contributed by atoms with Crippen LogP contribution in [0.2, 0.25) is 0 Å². The van der Waals surface area contributed by atoms with Gasteiger partial charge in [-0.25, -0.2) is 4.79 Å². The molecule has 0 saturated carbocycles. The van der Waals surface area contributed by atoms with Crippen molar-refractivity contribution in [3.8, 4) is 5.75 Å². The zero-order chi connectivity index (χ0) is 12.3. The van der Waals surface area contributed by atoms with Crippen LogP contribution in [0.3, 0.4) is 0 Å². The molecule has 0 radical (unpaired) electrons. The summed E-state index contributed by atoms with van der Waals surface area (Å²) in [4.78, 5) is 10.7. The van der Waals surface area contributed by atoms with Gasteiger partial charge in [0.15, 0.2) is 0 Å². The lowest BCUT2D eigenvalue weighted by atomic mass is 10.0. The average molecular weight is 227 g/mol. The largest absolute Gasteiger partial charge is 0.507 e. The molecule has 2 unspecified atom stereocenters. The van der Waals surface area contributed by atoms with E-state index in [2.05, 4.69) is 0 Å². The number of nitrogens with two attached hydrogens (primary N) is 1. The van der Waals surface area contributed by atoms with Crippen molar-refractivity contribution in [3.63, 3.8) is 0 Å². The molecule has 0 heterocycles. The summed E-state index contributed by atoms with van der Waals surface area (Å²) < 4.78 is 0. The van der Waals surface area contributed by atoms with Crippen molar-refractivity contribution in [1.29, 1.82) is 0 Å². The number of carboxylic acid groups (broad SMARTS) is 1. The van der Waals surface area contributed by atoms with Gasteiger partial charge in [0, 0.05) is 6.54 Å². The quantitative estimate of drug-likeness (QED) is 0.470. The van der Waals surface area contributed by atoms with E-state index in [1.165, 1.54) is 6.07 Å². The van der Waals surface area contributed by atoms with Crippen LogP contribution >= 0.6 is 0 Å². The molecule has 6 heteroatoms. The van der Waals surface area contributed by atoms with E-state index in [1.54, 1.807) is 0 Å².